The van der Waals surface area contributed by atoms with Crippen molar-refractivity contribution in [1.82, 2.24) is 4.48 Å². The van der Waals surface area contributed by atoms with Gasteiger partial charge in [0.2, 0.25) is 0 Å². The molecular weight excluding hydrogens is 936 g/mol. The molecule has 0 saturated heterocycles. The summed E-state index contributed by atoms with van der Waals surface area (Å²) in [5.74, 6) is 1.72. The van der Waals surface area contributed by atoms with E-state index in [1.807, 2.05) is 11.3 Å². The van der Waals surface area contributed by atoms with Crippen molar-refractivity contribution in [3.8, 4) is 22.3 Å². The molecule has 372 valence electrons. The lowest BCUT2D eigenvalue weighted by Crippen LogP contribution is -2.56. The molecule has 2 nitrogen and oxygen atoms in total. The molecule has 4 aliphatic carbocycles. The van der Waals surface area contributed by atoms with Gasteiger partial charge in [-0.15, -0.1) is 11.3 Å². The van der Waals surface area contributed by atoms with Crippen molar-refractivity contribution in [3.05, 3.63) is 174 Å². The molecule has 0 unspecified atom stereocenters. The van der Waals surface area contributed by atoms with Crippen LogP contribution in [0.1, 0.15) is 127 Å². The van der Waals surface area contributed by atoms with Crippen LogP contribution < -0.4 is 15.8 Å². The summed E-state index contributed by atoms with van der Waals surface area (Å²) in [7, 11) is 0. The van der Waals surface area contributed by atoms with Crippen LogP contribution >= 0.6 is 11.3 Å². The lowest BCUT2D eigenvalue weighted by Gasteiger charge is -2.46. The predicted octanol–water partition coefficient (Wildman–Crippen LogP) is 19.1. The largest absolute Gasteiger partial charge is 0.375 e. The van der Waals surface area contributed by atoms with Crippen molar-refractivity contribution in [2.75, 3.05) is 4.90 Å². The van der Waals surface area contributed by atoms with E-state index in [4.69, 9.17) is 0 Å². The van der Waals surface area contributed by atoms with E-state index in [1.165, 1.54) is 209 Å². The van der Waals surface area contributed by atoms with Crippen LogP contribution in [0, 0.1) is 11.8 Å². The number of anilines is 3. The minimum atomic E-state index is -0.0438. The van der Waals surface area contributed by atoms with Crippen molar-refractivity contribution in [1.29, 1.82) is 0 Å². The highest BCUT2D eigenvalue weighted by Gasteiger charge is 2.47. The van der Waals surface area contributed by atoms with Gasteiger partial charge in [-0.3, -0.25) is 0 Å². The van der Waals surface area contributed by atoms with E-state index in [-0.39, 0.29) is 17.7 Å². The normalized spacial score (nSPS) is 22.8. The Morgan fingerprint density at radius 2 is 1.14 bits per heavy atom. The van der Waals surface area contributed by atoms with Gasteiger partial charge in [0, 0.05) is 64.5 Å². The maximum Gasteiger partial charge on any atom is 0.333 e. The fourth-order valence-electron chi connectivity index (χ4n) is 17.4. The van der Waals surface area contributed by atoms with E-state index in [9.17, 15) is 0 Å². The fourth-order valence-corrected chi connectivity index (χ4v) is 18.5. The van der Waals surface area contributed by atoms with E-state index in [1.54, 1.807) is 11.1 Å². The van der Waals surface area contributed by atoms with E-state index < -0.39 is 0 Å². The SMILES string of the molecule is CC(C)(C)c1ccc(N2c3cc4sc5cc6ccccc6cc5c4cc3B3c4c2cc2ccccc2c4-c2cc(C45CCCC(CCC4)C5)cc4c5cc(C67CCCC(CCC6)C7)ccc5n3c24)c(-c2ccccc2)c1. The van der Waals surface area contributed by atoms with Crippen LogP contribution in [0.15, 0.2) is 158 Å². The fraction of sp³-hybridized carbons (Fsp3) is 0.306. The van der Waals surface area contributed by atoms with Gasteiger partial charge in [-0.1, -0.05) is 169 Å². The van der Waals surface area contributed by atoms with Crippen LogP contribution in [0.3, 0.4) is 0 Å². The number of hydrogen-bond donors (Lipinski definition) is 0. The van der Waals surface area contributed by atoms with Gasteiger partial charge >= 0.3 is 6.85 Å². The van der Waals surface area contributed by atoms with Gasteiger partial charge in [-0.05, 0) is 188 Å². The van der Waals surface area contributed by atoms with E-state index in [0.717, 1.165) is 11.8 Å². The maximum atomic E-state index is 2.89. The second kappa shape index (κ2) is 16.0. The van der Waals surface area contributed by atoms with Crippen LogP contribution in [-0.2, 0) is 16.2 Å². The average Bonchev–Trinajstić information content (AvgIpc) is 4.13. The third-order valence-corrected chi connectivity index (χ3v) is 22.0. The molecule has 4 bridgehead atoms. The first-order chi connectivity index (χ1) is 37.2. The van der Waals surface area contributed by atoms with Crippen molar-refractivity contribution < 1.29 is 0 Å². The minimum absolute atomic E-state index is 0.0184. The second-order valence-corrected chi connectivity index (χ2v) is 27.1. The quantitative estimate of drug-likeness (QED) is 0.160. The summed E-state index contributed by atoms with van der Waals surface area (Å²) >= 11 is 1.96. The third kappa shape index (κ3) is 6.28. The number of fused-ring (bicyclic) bond motifs is 17. The lowest BCUT2D eigenvalue weighted by atomic mass is 9.44. The number of nitrogens with zero attached hydrogens (tertiary/aromatic N) is 2. The van der Waals surface area contributed by atoms with Crippen molar-refractivity contribution in [3.63, 3.8) is 0 Å². The maximum absolute atomic E-state index is 2.89. The Labute approximate surface area is 451 Å². The Balaban J connectivity index is 1.03. The highest BCUT2D eigenvalue weighted by molar-refractivity contribution is 7.26. The minimum Gasteiger partial charge on any atom is -0.375 e. The standard InChI is InChI=1S/C72H65BN2S/c1-70(2,3)50-25-27-61(54(36-50)46-19-5-4-6-20-46)74-63-41-66-57(56-33-47-21-7-8-22-48(47)35-65(56)76-66)40-60(63)73-68-64(74)34-49-23-9-10-24-53(49)67(68)59-39-52(72-31-13-17-45(43-72)18-14-32-72)38-58-55-37-51(26-28-62(55)75(73)69(58)59)71-29-11-15-44(42-71)16-12-30-71/h4-10,19-28,33-41,44-45H,11-18,29-32,42-43H2,1-3H3. The van der Waals surface area contributed by atoms with Crippen molar-refractivity contribution >= 4 is 110 Å². The summed E-state index contributed by atoms with van der Waals surface area (Å²) in [6.07, 6.45) is 19.1. The highest BCUT2D eigenvalue weighted by atomic mass is 32.1. The summed E-state index contributed by atoms with van der Waals surface area (Å²) in [6.45, 7) is 7.03. The lowest BCUT2D eigenvalue weighted by molar-refractivity contribution is 0.149. The number of benzene rings is 9. The van der Waals surface area contributed by atoms with Gasteiger partial charge in [0.1, 0.15) is 0 Å². The molecule has 0 amide bonds. The molecule has 0 N–H and O–H groups in total. The van der Waals surface area contributed by atoms with Crippen LogP contribution in [-0.4, -0.2) is 11.3 Å². The molecule has 2 aliphatic heterocycles. The van der Waals surface area contributed by atoms with Crippen molar-refractivity contribution in [2.45, 2.75) is 127 Å². The monoisotopic (exact) mass is 1000 g/mol. The van der Waals surface area contributed by atoms with E-state index in [0.29, 0.717) is 5.41 Å². The molecule has 17 rings (SSSR count). The van der Waals surface area contributed by atoms with Crippen molar-refractivity contribution in [2.24, 2.45) is 11.8 Å². The molecule has 2 aromatic heterocycles. The highest BCUT2D eigenvalue weighted by Crippen LogP contribution is 2.57. The molecule has 4 fully saturated rings. The molecule has 9 aromatic carbocycles. The van der Waals surface area contributed by atoms with Crippen LogP contribution in [0.25, 0.3) is 85.8 Å². The summed E-state index contributed by atoms with van der Waals surface area (Å²) in [6, 6.07) is 63.4. The topological polar surface area (TPSA) is 8.17 Å². The second-order valence-electron chi connectivity index (χ2n) is 26.0. The summed E-state index contributed by atoms with van der Waals surface area (Å²) in [4.78, 5) is 2.73. The van der Waals surface area contributed by atoms with E-state index >= 15 is 0 Å². The number of rotatable bonds is 4. The summed E-state index contributed by atoms with van der Waals surface area (Å²) < 4.78 is 5.59. The molecule has 6 aliphatic rings. The average molecular weight is 1000 g/mol. The van der Waals surface area contributed by atoms with Gasteiger partial charge in [0.05, 0.1) is 5.69 Å². The molecule has 4 saturated carbocycles. The smallest absolute Gasteiger partial charge is 0.333 e. The van der Waals surface area contributed by atoms with Gasteiger partial charge in [0.15, 0.2) is 0 Å². The molecule has 4 heterocycles. The molecule has 0 atom stereocenters. The number of aromatic nitrogens is 1. The van der Waals surface area contributed by atoms with Gasteiger partial charge in [-0.25, -0.2) is 0 Å². The van der Waals surface area contributed by atoms with Gasteiger partial charge in [-0.2, -0.15) is 0 Å². The summed E-state index contributed by atoms with van der Waals surface area (Å²) in [5.41, 5.74) is 20.0. The molecule has 76 heavy (non-hydrogen) atoms. The molecule has 11 aromatic rings. The Morgan fingerprint density at radius 1 is 0.500 bits per heavy atom. The zero-order chi connectivity index (χ0) is 50.2. The summed E-state index contributed by atoms with van der Waals surface area (Å²) in [5, 5.41) is 11.0. The van der Waals surface area contributed by atoms with Crippen LogP contribution in [0.4, 0.5) is 17.1 Å². The molecule has 0 spiro atoms. The predicted molar refractivity (Wildman–Crippen MR) is 327 cm³/mol. The Kier molecular flexibility index (Phi) is 9.36. The first-order valence-corrected chi connectivity index (χ1v) is 30.1. The Hall–Kier alpha value is -6.62. The first-order valence-electron chi connectivity index (χ1n) is 29.3. The number of hydrogen-bond acceptors (Lipinski definition) is 2. The Morgan fingerprint density at radius 3 is 1.88 bits per heavy atom. The number of thiophene rings is 1. The Bertz CT molecular complexity index is 4260. The zero-order valence-corrected chi connectivity index (χ0v) is 45.3. The molecular formula is C72H65BN2S. The third-order valence-electron chi connectivity index (χ3n) is 20.9. The van der Waals surface area contributed by atoms with Crippen LogP contribution in [0.2, 0.25) is 0 Å². The zero-order valence-electron chi connectivity index (χ0n) is 44.4. The molecule has 4 heteroatoms. The van der Waals surface area contributed by atoms with Crippen LogP contribution in [0.5, 0.6) is 0 Å². The molecule has 0 radical (unpaired) electrons. The van der Waals surface area contributed by atoms with E-state index in [2.05, 4.69) is 188 Å². The van der Waals surface area contributed by atoms with Gasteiger partial charge < -0.3 is 9.38 Å². The van der Waals surface area contributed by atoms with Gasteiger partial charge in [0.25, 0.3) is 0 Å². The first kappa shape index (κ1) is 44.5.